The fourth-order valence-corrected chi connectivity index (χ4v) is 4.41. The first-order valence-corrected chi connectivity index (χ1v) is 7.78. The number of benzene rings is 1. The zero-order valence-corrected chi connectivity index (χ0v) is 12.4. The number of carbonyl (C=O) groups excluding carboxylic acids is 2. The van der Waals surface area contributed by atoms with Crippen molar-refractivity contribution >= 4 is 33.4 Å². The Morgan fingerprint density at radius 1 is 0.950 bits per heavy atom. The van der Waals surface area contributed by atoms with Gasteiger partial charge in [0.1, 0.15) is 0 Å². The van der Waals surface area contributed by atoms with Gasteiger partial charge >= 0.3 is 0 Å². The van der Waals surface area contributed by atoms with Crippen LogP contribution in [0.25, 0.3) is 0 Å². The van der Waals surface area contributed by atoms with Gasteiger partial charge in [-0.1, -0.05) is 24.3 Å². The van der Waals surface area contributed by atoms with E-state index in [-0.39, 0.29) is 35.5 Å². The maximum absolute atomic E-state index is 12.7. The molecular weight excluding hydrogens is 318 g/mol. The van der Waals surface area contributed by atoms with Gasteiger partial charge in [-0.15, -0.1) is 0 Å². The van der Waals surface area contributed by atoms with Gasteiger partial charge in [0, 0.05) is 4.47 Å². The van der Waals surface area contributed by atoms with Crippen molar-refractivity contribution in [1.82, 2.24) is 0 Å². The Bertz CT molecular complexity index is 607. The van der Waals surface area contributed by atoms with Crippen LogP contribution in [0.5, 0.6) is 0 Å². The van der Waals surface area contributed by atoms with E-state index in [1.807, 2.05) is 24.3 Å². The van der Waals surface area contributed by atoms with Crippen molar-refractivity contribution in [3.8, 4) is 0 Å². The molecule has 1 aromatic carbocycles. The maximum atomic E-state index is 12.7. The molecule has 1 aromatic rings. The van der Waals surface area contributed by atoms with Gasteiger partial charge in [-0.05, 0) is 52.7 Å². The minimum Gasteiger partial charge on any atom is -0.274 e. The first-order chi connectivity index (χ1) is 9.68. The molecule has 1 heterocycles. The van der Waals surface area contributed by atoms with Gasteiger partial charge in [0.15, 0.2) is 0 Å². The summed E-state index contributed by atoms with van der Waals surface area (Å²) in [5.74, 6) is 0.163. The number of imide groups is 1. The zero-order valence-electron chi connectivity index (χ0n) is 10.8. The average Bonchev–Trinajstić information content (AvgIpc) is 2.75. The molecule has 4 heteroatoms. The van der Waals surface area contributed by atoms with Crippen LogP contribution >= 0.6 is 15.9 Å². The van der Waals surface area contributed by atoms with Crippen molar-refractivity contribution in [3.05, 3.63) is 40.9 Å². The van der Waals surface area contributed by atoms with E-state index in [1.165, 1.54) is 4.90 Å². The van der Waals surface area contributed by atoms with Gasteiger partial charge < -0.3 is 0 Å². The van der Waals surface area contributed by atoms with Gasteiger partial charge in [0.25, 0.3) is 0 Å². The van der Waals surface area contributed by atoms with Gasteiger partial charge in [-0.25, -0.2) is 4.90 Å². The predicted molar refractivity (Wildman–Crippen MR) is 79.0 cm³/mol. The molecule has 0 N–H and O–H groups in total. The van der Waals surface area contributed by atoms with E-state index in [2.05, 4.69) is 28.1 Å². The van der Waals surface area contributed by atoms with Crippen LogP contribution in [-0.2, 0) is 9.59 Å². The van der Waals surface area contributed by atoms with Crippen LogP contribution in [0.4, 0.5) is 5.69 Å². The lowest BCUT2D eigenvalue weighted by molar-refractivity contribution is -0.124. The van der Waals surface area contributed by atoms with E-state index < -0.39 is 0 Å². The Labute approximate surface area is 125 Å². The summed E-state index contributed by atoms with van der Waals surface area (Å²) in [7, 11) is 0. The molecule has 20 heavy (non-hydrogen) atoms. The van der Waals surface area contributed by atoms with E-state index in [1.54, 1.807) is 0 Å². The molecule has 2 fully saturated rings. The molecule has 0 radical (unpaired) electrons. The summed E-state index contributed by atoms with van der Waals surface area (Å²) in [6.07, 6.45) is 6.35. The number of halogens is 1. The third-order valence-electron chi connectivity index (χ3n) is 4.85. The lowest BCUT2D eigenvalue weighted by atomic mass is 9.63. The summed E-state index contributed by atoms with van der Waals surface area (Å²) in [6, 6.07) is 7.43. The molecule has 1 aliphatic heterocycles. The second kappa shape index (κ2) is 4.29. The minimum atomic E-state index is -0.140. The molecule has 5 rings (SSSR count). The number of allylic oxidation sites excluding steroid dienone is 2. The molecule has 3 nitrogen and oxygen atoms in total. The highest BCUT2D eigenvalue weighted by molar-refractivity contribution is 9.10. The van der Waals surface area contributed by atoms with Crippen molar-refractivity contribution in [1.29, 1.82) is 0 Å². The van der Waals surface area contributed by atoms with Gasteiger partial charge in [-0.3, -0.25) is 9.59 Å². The van der Waals surface area contributed by atoms with Crippen LogP contribution < -0.4 is 4.90 Å². The molecule has 1 saturated heterocycles. The predicted octanol–water partition coefficient (Wildman–Crippen LogP) is 3.15. The summed E-state index contributed by atoms with van der Waals surface area (Å²) in [5.41, 5.74) is 0.677. The molecule has 2 bridgehead atoms. The highest BCUT2D eigenvalue weighted by Crippen LogP contribution is 2.50. The Kier molecular flexibility index (Phi) is 2.64. The SMILES string of the molecule is O=C1C2C(C(=O)N1c1ccccc1Br)[C@H]1C=C[C@@H]2CC1. The standard InChI is InChI=1S/C16H14BrNO2/c17-11-3-1-2-4-12(11)18-15(19)13-9-5-6-10(8-7-9)14(13)16(18)20/h1-6,9-10,13-14H,7-8H2/t9-,10+,13?,14?. The molecule has 0 spiro atoms. The third-order valence-corrected chi connectivity index (χ3v) is 5.52. The number of para-hydroxylation sites is 1. The molecule has 0 aromatic heterocycles. The molecule has 102 valence electrons. The second-order valence-corrected chi connectivity index (χ2v) is 6.66. The van der Waals surface area contributed by atoms with Crippen molar-refractivity contribution in [2.45, 2.75) is 12.8 Å². The highest BCUT2D eigenvalue weighted by Gasteiger charge is 2.57. The maximum Gasteiger partial charge on any atom is 0.238 e. The van der Waals surface area contributed by atoms with Crippen molar-refractivity contribution < 1.29 is 9.59 Å². The smallest absolute Gasteiger partial charge is 0.238 e. The van der Waals surface area contributed by atoms with E-state index in [9.17, 15) is 9.59 Å². The number of nitrogens with zero attached hydrogens (tertiary/aromatic N) is 1. The van der Waals surface area contributed by atoms with Crippen LogP contribution in [0.1, 0.15) is 12.8 Å². The number of hydrogen-bond acceptors (Lipinski definition) is 2. The van der Waals surface area contributed by atoms with Crippen molar-refractivity contribution in [3.63, 3.8) is 0 Å². The van der Waals surface area contributed by atoms with Crippen molar-refractivity contribution in [2.24, 2.45) is 23.7 Å². The Hall–Kier alpha value is -1.42. The van der Waals surface area contributed by atoms with E-state index >= 15 is 0 Å². The fraction of sp³-hybridized carbons (Fsp3) is 0.375. The number of fused-ring (bicyclic) bond motifs is 1. The van der Waals surface area contributed by atoms with E-state index in [0.29, 0.717) is 5.69 Å². The van der Waals surface area contributed by atoms with Crippen molar-refractivity contribution in [2.75, 3.05) is 4.90 Å². The summed E-state index contributed by atoms with van der Waals surface area (Å²) >= 11 is 3.44. The van der Waals surface area contributed by atoms with Gasteiger partial charge in [0.05, 0.1) is 17.5 Å². The van der Waals surface area contributed by atoms with Crippen LogP contribution in [0.2, 0.25) is 0 Å². The van der Waals surface area contributed by atoms with E-state index in [4.69, 9.17) is 0 Å². The zero-order chi connectivity index (χ0) is 13.9. The normalized spacial score (nSPS) is 34.8. The molecule has 2 amide bonds. The van der Waals surface area contributed by atoms with Gasteiger partial charge in [0.2, 0.25) is 11.8 Å². The molecule has 2 unspecified atom stereocenters. The molecule has 3 aliphatic carbocycles. The summed E-state index contributed by atoms with van der Waals surface area (Å²) in [6.45, 7) is 0. The van der Waals surface area contributed by atoms with Crippen LogP contribution in [-0.4, -0.2) is 11.8 Å². The second-order valence-electron chi connectivity index (χ2n) is 5.80. The Morgan fingerprint density at radius 3 is 2.00 bits per heavy atom. The number of rotatable bonds is 1. The summed E-state index contributed by atoms with van der Waals surface area (Å²) < 4.78 is 0.792. The van der Waals surface area contributed by atoms with Crippen LogP contribution in [0.15, 0.2) is 40.9 Å². The largest absolute Gasteiger partial charge is 0.274 e. The third kappa shape index (κ3) is 1.51. The monoisotopic (exact) mass is 331 g/mol. The lowest BCUT2D eigenvalue weighted by Gasteiger charge is -2.38. The first kappa shape index (κ1) is 12.3. The molecular formula is C16H14BrNO2. The molecule has 1 saturated carbocycles. The number of amides is 2. The Balaban J connectivity index is 1.80. The molecule has 4 aliphatic rings. The van der Waals surface area contributed by atoms with E-state index in [0.717, 1.165) is 17.3 Å². The lowest BCUT2D eigenvalue weighted by Crippen LogP contribution is -2.38. The fourth-order valence-electron chi connectivity index (χ4n) is 3.94. The average molecular weight is 332 g/mol. The van der Waals surface area contributed by atoms with Crippen LogP contribution in [0, 0.1) is 23.7 Å². The van der Waals surface area contributed by atoms with Gasteiger partial charge in [-0.2, -0.15) is 0 Å². The first-order valence-electron chi connectivity index (χ1n) is 6.99. The summed E-state index contributed by atoms with van der Waals surface area (Å²) in [4.78, 5) is 26.9. The quantitative estimate of drug-likeness (QED) is 0.585. The highest BCUT2D eigenvalue weighted by atomic mass is 79.9. The Morgan fingerprint density at radius 2 is 1.50 bits per heavy atom. The summed E-state index contributed by atoms with van der Waals surface area (Å²) in [5, 5.41) is 0. The number of hydrogen-bond donors (Lipinski definition) is 0. The number of carbonyl (C=O) groups is 2. The molecule has 4 atom stereocenters. The number of anilines is 1. The van der Waals surface area contributed by atoms with Crippen LogP contribution in [0.3, 0.4) is 0 Å². The topological polar surface area (TPSA) is 37.4 Å². The minimum absolute atomic E-state index is 0.0223.